The van der Waals surface area contributed by atoms with E-state index < -0.39 is 0 Å². The molecule has 4 rings (SSSR count). The largest absolute Gasteiger partial charge is 0.487 e. The summed E-state index contributed by atoms with van der Waals surface area (Å²) in [6.07, 6.45) is 4.92. The van der Waals surface area contributed by atoms with Gasteiger partial charge in [-0.15, -0.1) is 0 Å². The molecule has 2 aromatic carbocycles. The number of aromatic nitrogens is 3. The highest BCUT2D eigenvalue weighted by Gasteiger charge is 2.12. The van der Waals surface area contributed by atoms with Gasteiger partial charge in [-0.1, -0.05) is 60.1 Å². The summed E-state index contributed by atoms with van der Waals surface area (Å²) >= 11 is 6.53. The van der Waals surface area contributed by atoms with E-state index in [0.29, 0.717) is 24.8 Å². The van der Waals surface area contributed by atoms with E-state index in [2.05, 4.69) is 15.4 Å². The Balaban J connectivity index is 1.32. The van der Waals surface area contributed by atoms with Gasteiger partial charge in [-0.05, 0) is 48.4 Å². The van der Waals surface area contributed by atoms with Gasteiger partial charge in [-0.25, -0.2) is 4.68 Å². The first-order valence-electron chi connectivity index (χ1n) is 10.9. The summed E-state index contributed by atoms with van der Waals surface area (Å²) in [5, 5.41) is 7.90. The van der Waals surface area contributed by atoms with E-state index in [-0.39, 0.29) is 5.91 Å². The zero-order chi connectivity index (χ0) is 23.8. The molecule has 0 saturated carbocycles. The minimum atomic E-state index is -0.217. The Labute approximate surface area is 203 Å². The van der Waals surface area contributed by atoms with Crippen LogP contribution in [0.2, 0.25) is 5.15 Å². The summed E-state index contributed by atoms with van der Waals surface area (Å²) in [7, 11) is 0. The molecular weight excluding hydrogens is 448 g/mol. The van der Waals surface area contributed by atoms with Gasteiger partial charge in [0.2, 0.25) is 5.91 Å². The molecule has 4 aromatic rings. The molecule has 0 aliphatic carbocycles. The van der Waals surface area contributed by atoms with Crippen molar-refractivity contribution in [3.63, 3.8) is 0 Å². The second-order valence-electron chi connectivity index (χ2n) is 7.74. The van der Waals surface area contributed by atoms with Crippen LogP contribution in [0.25, 0.3) is 6.08 Å². The lowest BCUT2D eigenvalue weighted by Crippen LogP contribution is -2.20. The van der Waals surface area contributed by atoms with Crippen LogP contribution < -0.4 is 10.1 Å². The van der Waals surface area contributed by atoms with Crippen molar-refractivity contribution in [3.05, 3.63) is 118 Å². The molecule has 0 spiro atoms. The molecule has 0 aliphatic heterocycles. The maximum atomic E-state index is 12.4. The van der Waals surface area contributed by atoms with Crippen molar-refractivity contribution in [2.75, 3.05) is 0 Å². The highest BCUT2D eigenvalue weighted by Crippen LogP contribution is 2.22. The second-order valence-corrected chi connectivity index (χ2v) is 8.10. The van der Waals surface area contributed by atoms with Gasteiger partial charge < -0.3 is 10.1 Å². The van der Waals surface area contributed by atoms with Crippen LogP contribution in [0.15, 0.2) is 85.1 Å². The van der Waals surface area contributed by atoms with Crippen molar-refractivity contribution in [2.24, 2.45) is 0 Å². The zero-order valence-corrected chi connectivity index (χ0v) is 19.6. The van der Waals surface area contributed by atoms with Crippen molar-refractivity contribution in [1.29, 1.82) is 0 Å². The van der Waals surface area contributed by atoms with Crippen molar-refractivity contribution in [3.8, 4) is 5.75 Å². The predicted octanol–water partition coefficient (Wildman–Crippen LogP) is 5.20. The highest BCUT2D eigenvalue weighted by molar-refractivity contribution is 6.31. The van der Waals surface area contributed by atoms with Gasteiger partial charge in [-0.2, -0.15) is 5.10 Å². The van der Waals surface area contributed by atoms with Crippen molar-refractivity contribution < 1.29 is 9.53 Å². The Hall–Kier alpha value is -3.90. The first kappa shape index (κ1) is 23.3. The first-order chi connectivity index (χ1) is 16.6. The molecule has 7 heteroatoms. The van der Waals surface area contributed by atoms with Crippen LogP contribution >= 0.6 is 11.6 Å². The topological polar surface area (TPSA) is 69.0 Å². The molecule has 0 saturated heterocycles. The number of benzene rings is 2. The van der Waals surface area contributed by atoms with Crippen LogP contribution in [0, 0.1) is 6.92 Å². The lowest BCUT2D eigenvalue weighted by Gasteiger charge is -2.08. The number of amides is 1. The van der Waals surface area contributed by atoms with Crippen LogP contribution in [-0.2, 0) is 24.5 Å². The number of carbonyl (C=O) groups is 1. The summed E-state index contributed by atoms with van der Waals surface area (Å²) < 4.78 is 7.54. The number of pyridine rings is 1. The maximum absolute atomic E-state index is 12.4. The SMILES string of the molecule is Cc1nn(Cc2ccccc2)c(Cl)c1/C=C/C(=O)NCc1cccc(OCc2ccccn2)c1. The van der Waals surface area contributed by atoms with E-state index >= 15 is 0 Å². The van der Waals surface area contributed by atoms with Crippen LogP contribution in [0.3, 0.4) is 0 Å². The van der Waals surface area contributed by atoms with Crippen LogP contribution in [0.5, 0.6) is 5.75 Å². The van der Waals surface area contributed by atoms with E-state index in [1.54, 1.807) is 17.0 Å². The monoisotopic (exact) mass is 472 g/mol. The Morgan fingerprint density at radius 1 is 1.06 bits per heavy atom. The third-order valence-corrected chi connectivity index (χ3v) is 5.56. The molecule has 0 atom stereocenters. The third-order valence-electron chi connectivity index (χ3n) is 5.16. The van der Waals surface area contributed by atoms with E-state index in [9.17, 15) is 4.79 Å². The molecule has 0 radical (unpaired) electrons. The van der Waals surface area contributed by atoms with Gasteiger partial charge in [0.15, 0.2) is 0 Å². The molecule has 1 amide bonds. The summed E-state index contributed by atoms with van der Waals surface area (Å²) in [6, 6.07) is 23.3. The van der Waals surface area contributed by atoms with Gasteiger partial charge in [0.05, 0.1) is 17.9 Å². The van der Waals surface area contributed by atoms with Gasteiger partial charge >= 0.3 is 0 Å². The van der Waals surface area contributed by atoms with E-state index in [0.717, 1.165) is 33.8 Å². The normalized spacial score (nSPS) is 11.0. The minimum absolute atomic E-state index is 0.217. The standard InChI is InChI=1S/C27H25ClN4O2/c1-20-25(27(28)32(31-20)18-21-8-3-2-4-9-21)13-14-26(33)30-17-22-10-7-12-24(16-22)34-19-23-11-5-6-15-29-23/h2-16H,17-19H2,1H3,(H,30,33)/b14-13+. The van der Waals surface area contributed by atoms with Crippen molar-refractivity contribution in [1.82, 2.24) is 20.1 Å². The Bertz CT molecular complexity index is 1270. The van der Waals surface area contributed by atoms with Crippen molar-refractivity contribution in [2.45, 2.75) is 26.6 Å². The maximum Gasteiger partial charge on any atom is 0.244 e. The molecule has 6 nitrogen and oxygen atoms in total. The predicted molar refractivity (Wildman–Crippen MR) is 133 cm³/mol. The summed E-state index contributed by atoms with van der Waals surface area (Å²) in [5.74, 6) is 0.507. The summed E-state index contributed by atoms with van der Waals surface area (Å²) in [6.45, 7) is 3.21. The fourth-order valence-corrected chi connectivity index (χ4v) is 3.71. The number of hydrogen-bond acceptors (Lipinski definition) is 4. The quantitative estimate of drug-likeness (QED) is 0.340. The minimum Gasteiger partial charge on any atom is -0.487 e. The number of hydrogen-bond donors (Lipinski definition) is 1. The fourth-order valence-electron chi connectivity index (χ4n) is 3.41. The summed E-state index contributed by atoms with van der Waals surface area (Å²) in [5.41, 5.74) is 4.39. The second kappa shape index (κ2) is 11.3. The average molecular weight is 473 g/mol. The molecular formula is C27H25ClN4O2. The van der Waals surface area contributed by atoms with Crippen LogP contribution in [-0.4, -0.2) is 20.7 Å². The average Bonchev–Trinajstić information content (AvgIpc) is 3.13. The van der Waals surface area contributed by atoms with E-state index in [4.69, 9.17) is 16.3 Å². The molecule has 1 N–H and O–H groups in total. The molecule has 172 valence electrons. The van der Waals surface area contributed by atoms with E-state index in [1.165, 1.54) is 6.08 Å². The number of halogens is 1. The molecule has 0 fully saturated rings. The van der Waals surface area contributed by atoms with Crippen LogP contribution in [0.1, 0.15) is 28.1 Å². The fraction of sp³-hybridized carbons (Fsp3) is 0.148. The molecule has 34 heavy (non-hydrogen) atoms. The number of ether oxygens (including phenoxy) is 1. The van der Waals surface area contributed by atoms with Gasteiger partial charge in [0.1, 0.15) is 17.5 Å². The number of aryl methyl sites for hydroxylation is 1. The molecule has 0 aliphatic rings. The Morgan fingerprint density at radius 3 is 2.65 bits per heavy atom. The van der Waals surface area contributed by atoms with Gasteiger partial charge in [-0.3, -0.25) is 9.78 Å². The van der Waals surface area contributed by atoms with Gasteiger partial charge in [0.25, 0.3) is 0 Å². The highest BCUT2D eigenvalue weighted by atomic mass is 35.5. The first-order valence-corrected chi connectivity index (χ1v) is 11.3. The molecule has 0 bridgehead atoms. The molecule has 2 heterocycles. The lowest BCUT2D eigenvalue weighted by molar-refractivity contribution is -0.116. The Morgan fingerprint density at radius 2 is 1.85 bits per heavy atom. The molecule has 2 aromatic heterocycles. The lowest BCUT2D eigenvalue weighted by atomic mass is 10.2. The van der Waals surface area contributed by atoms with Crippen molar-refractivity contribution >= 4 is 23.6 Å². The van der Waals surface area contributed by atoms with Crippen LogP contribution in [0.4, 0.5) is 0 Å². The number of nitrogens with one attached hydrogen (secondary N) is 1. The zero-order valence-electron chi connectivity index (χ0n) is 18.8. The summed E-state index contributed by atoms with van der Waals surface area (Å²) in [4.78, 5) is 16.6. The number of nitrogens with zero attached hydrogens (tertiary/aromatic N) is 3. The van der Waals surface area contributed by atoms with Gasteiger partial charge in [0, 0.05) is 24.4 Å². The molecule has 0 unspecified atom stereocenters. The third kappa shape index (κ3) is 6.33. The number of carbonyl (C=O) groups excluding carboxylic acids is 1. The van der Waals surface area contributed by atoms with E-state index in [1.807, 2.05) is 79.7 Å². The number of rotatable bonds is 9. The smallest absolute Gasteiger partial charge is 0.244 e. The Kier molecular flexibility index (Phi) is 7.73.